The van der Waals surface area contributed by atoms with E-state index in [-0.39, 0.29) is 11.9 Å². The quantitative estimate of drug-likeness (QED) is 0.787. The van der Waals surface area contributed by atoms with Gasteiger partial charge in [0.2, 0.25) is 0 Å². The first-order chi connectivity index (χ1) is 11.6. The number of nitrogens with zero attached hydrogens (tertiary/aromatic N) is 5. The van der Waals surface area contributed by atoms with Gasteiger partial charge in [0.05, 0.1) is 11.9 Å². The summed E-state index contributed by atoms with van der Waals surface area (Å²) >= 11 is 0. The molecule has 8 nitrogen and oxygen atoms in total. The zero-order chi connectivity index (χ0) is 16.7. The SMILES string of the molecule is Cc1cn2nc(NC3CCN(C(=O)c4ncoc4C)C3)ccc2n1. The van der Waals surface area contributed by atoms with Crippen molar-refractivity contribution in [1.29, 1.82) is 0 Å². The first kappa shape index (κ1) is 14.7. The van der Waals surface area contributed by atoms with Crippen LogP contribution in [0.4, 0.5) is 5.82 Å². The lowest BCUT2D eigenvalue weighted by Crippen LogP contribution is -2.32. The molecular weight excluding hydrogens is 308 g/mol. The van der Waals surface area contributed by atoms with Crippen LogP contribution in [-0.4, -0.2) is 49.5 Å². The number of anilines is 1. The summed E-state index contributed by atoms with van der Waals surface area (Å²) in [6, 6.07) is 4.00. The van der Waals surface area contributed by atoms with Gasteiger partial charge in [-0.3, -0.25) is 4.79 Å². The first-order valence-corrected chi connectivity index (χ1v) is 7.89. The molecule has 1 aliphatic rings. The van der Waals surface area contributed by atoms with Gasteiger partial charge < -0.3 is 14.6 Å². The molecule has 4 heterocycles. The molecule has 4 rings (SSSR count). The van der Waals surface area contributed by atoms with Crippen LogP contribution in [0.5, 0.6) is 0 Å². The Balaban J connectivity index is 1.44. The lowest BCUT2D eigenvalue weighted by Gasteiger charge is -2.16. The van der Waals surface area contributed by atoms with E-state index in [1.165, 1.54) is 6.39 Å². The van der Waals surface area contributed by atoms with Gasteiger partial charge in [0, 0.05) is 19.1 Å². The Labute approximate surface area is 138 Å². The van der Waals surface area contributed by atoms with E-state index < -0.39 is 0 Å². The molecule has 1 aliphatic heterocycles. The summed E-state index contributed by atoms with van der Waals surface area (Å²) < 4.78 is 6.88. The van der Waals surface area contributed by atoms with Crippen molar-refractivity contribution in [2.24, 2.45) is 0 Å². The maximum atomic E-state index is 12.5. The number of nitrogens with one attached hydrogen (secondary N) is 1. The van der Waals surface area contributed by atoms with Gasteiger partial charge in [0.25, 0.3) is 5.91 Å². The van der Waals surface area contributed by atoms with Crippen LogP contribution in [0.1, 0.15) is 28.4 Å². The molecule has 1 unspecified atom stereocenters. The minimum atomic E-state index is -0.0841. The fourth-order valence-corrected chi connectivity index (χ4v) is 3.01. The van der Waals surface area contributed by atoms with E-state index in [1.807, 2.05) is 25.3 Å². The second-order valence-electron chi connectivity index (χ2n) is 6.04. The second kappa shape index (κ2) is 5.63. The fraction of sp³-hybridized carbons (Fsp3) is 0.375. The van der Waals surface area contributed by atoms with Gasteiger partial charge in [0.15, 0.2) is 17.7 Å². The van der Waals surface area contributed by atoms with Gasteiger partial charge in [-0.25, -0.2) is 14.5 Å². The molecule has 0 radical (unpaired) electrons. The molecule has 0 aliphatic carbocycles. The van der Waals surface area contributed by atoms with Crippen LogP contribution < -0.4 is 5.32 Å². The number of imidazole rings is 1. The molecule has 3 aromatic heterocycles. The number of fused-ring (bicyclic) bond motifs is 1. The number of aryl methyl sites for hydroxylation is 2. The number of aromatic nitrogens is 4. The summed E-state index contributed by atoms with van der Waals surface area (Å²) in [7, 11) is 0. The van der Waals surface area contributed by atoms with Crippen molar-refractivity contribution in [3.8, 4) is 0 Å². The van der Waals surface area contributed by atoms with E-state index in [9.17, 15) is 4.79 Å². The fourth-order valence-electron chi connectivity index (χ4n) is 3.01. The smallest absolute Gasteiger partial charge is 0.276 e. The highest BCUT2D eigenvalue weighted by Crippen LogP contribution is 2.18. The van der Waals surface area contributed by atoms with E-state index >= 15 is 0 Å². The van der Waals surface area contributed by atoms with Gasteiger partial charge in [0.1, 0.15) is 11.6 Å². The summed E-state index contributed by atoms with van der Waals surface area (Å²) in [6.07, 6.45) is 4.06. The minimum absolute atomic E-state index is 0.0841. The van der Waals surface area contributed by atoms with Gasteiger partial charge in [-0.1, -0.05) is 0 Å². The number of oxazole rings is 1. The van der Waals surface area contributed by atoms with Crippen molar-refractivity contribution < 1.29 is 9.21 Å². The van der Waals surface area contributed by atoms with Crippen molar-refractivity contribution in [3.05, 3.63) is 41.9 Å². The van der Waals surface area contributed by atoms with Gasteiger partial charge in [-0.2, -0.15) is 0 Å². The van der Waals surface area contributed by atoms with Crippen LogP contribution >= 0.6 is 0 Å². The normalized spacial score (nSPS) is 17.6. The lowest BCUT2D eigenvalue weighted by molar-refractivity contribution is 0.0785. The average molecular weight is 326 g/mol. The highest BCUT2D eigenvalue weighted by Gasteiger charge is 2.29. The zero-order valence-corrected chi connectivity index (χ0v) is 13.6. The van der Waals surface area contributed by atoms with Crippen molar-refractivity contribution in [2.75, 3.05) is 18.4 Å². The predicted octanol–water partition coefficient (Wildman–Crippen LogP) is 1.66. The lowest BCUT2D eigenvalue weighted by atomic mass is 10.2. The summed E-state index contributed by atoms with van der Waals surface area (Å²) in [6.45, 7) is 5.00. The maximum absolute atomic E-state index is 12.5. The number of carbonyl (C=O) groups is 1. The number of amides is 1. The Bertz CT molecular complexity index is 899. The standard InChI is InChI=1S/C16H18N6O2/c1-10-7-22-14(18-10)4-3-13(20-22)19-12-5-6-21(8-12)16(23)15-11(2)24-9-17-15/h3-4,7,9,12H,5-6,8H2,1-2H3,(H,19,20). The molecule has 1 fully saturated rings. The monoisotopic (exact) mass is 326 g/mol. The van der Waals surface area contributed by atoms with Gasteiger partial charge in [-0.15, -0.1) is 5.10 Å². The number of carbonyl (C=O) groups excluding carboxylic acids is 1. The van der Waals surface area contributed by atoms with Crippen LogP contribution in [-0.2, 0) is 0 Å². The Morgan fingerprint density at radius 2 is 2.25 bits per heavy atom. The first-order valence-electron chi connectivity index (χ1n) is 7.89. The van der Waals surface area contributed by atoms with Crippen molar-refractivity contribution >= 4 is 17.4 Å². The molecule has 0 spiro atoms. The van der Waals surface area contributed by atoms with Crippen LogP contribution in [0.15, 0.2) is 29.1 Å². The van der Waals surface area contributed by atoms with Crippen molar-refractivity contribution in [3.63, 3.8) is 0 Å². The van der Waals surface area contributed by atoms with Gasteiger partial charge >= 0.3 is 0 Å². The summed E-state index contributed by atoms with van der Waals surface area (Å²) in [4.78, 5) is 22.6. The van der Waals surface area contributed by atoms with Crippen molar-refractivity contribution in [2.45, 2.75) is 26.3 Å². The molecule has 1 atom stereocenters. The zero-order valence-electron chi connectivity index (χ0n) is 13.6. The van der Waals surface area contributed by atoms with Crippen LogP contribution in [0.2, 0.25) is 0 Å². The summed E-state index contributed by atoms with van der Waals surface area (Å²) in [5, 5.41) is 7.90. The molecule has 0 saturated carbocycles. The van der Waals surface area contributed by atoms with E-state index in [2.05, 4.69) is 20.4 Å². The Kier molecular flexibility index (Phi) is 3.44. The molecule has 0 aromatic carbocycles. The molecule has 124 valence electrons. The molecule has 3 aromatic rings. The third kappa shape index (κ3) is 2.60. The molecule has 1 saturated heterocycles. The molecular formula is C16H18N6O2. The molecule has 24 heavy (non-hydrogen) atoms. The largest absolute Gasteiger partial charge is 0.448 e. The van der Waals surface area contributed by atoms with E-state index in [0.29, 0.717) is 24.5 Å². The number of hydrogen-bond acceptors (Lipinski definition) is 6. The maximum Gasteiger partial charge on any atom is 0.276 e. The molecule has 1 N–H and O–H groups in total. The highest BCUT2D eigenvalue weighted by atomic mass is 16.3. The van der Waals surface area contributed by atoms with E-state index in [1.54, 1.807) is 16.3 Å². The number of likely N-dealkylation sites (tertiary alicyclic amines) is 1. The van der Waals surface area contributed by atoms with Crippen molar-refractivity contribution in [1.82, 2.24) is 24.5 Å². The minimum Gasteiger partial charge on any atom is -0.448 e. The Hall–Kier alpha value is -2.90. The second-order valence-corrected chi connectivity index (χ2v) is 6.04. The summed E-state index contributed by atoms with van der Waals surface area (Å²) in [5.41, 5.74) is 2.15. The molecule has 0 bridgehead atoms. The topological polar surface area (TPSA) is 88.6 Å². The molecule has 8 heteroatoms. The number of hydrogen-bond donors (Lipinski definition) is 1. The Morgan fingerprint density at radius 1 is 1.38 bits per heavy atom. The predicted molar refractivity (Wildman–Crippen MR) is 86.9 cm³/mol. The third-order valence-corrected chi connectivity index (χ3v) is 4.22. The number of rotatable bonds is 3. The van der Waals surface area contributed by atoms with Crippen LogP contribution in [0.25, 0.3) is 5.65 Å². The molecule has 1 amide bonds. The summed E-state index contributed by atoms with van der Waals surface area (Å²) in [5.74, 6) is 1.25. The Morgan fingerprint density at radius 3 is 3.04 bits per heavy atom. The highest BCUT2D eigenvalue weighted by molar-refractivity contribution is 5.93. The average Bonchev–Trinajstić information content (AvgIpc) is 3.25. The van der Waals surface area contributed by atoms with E-state index in [0.717, 1.165) is 23.6 Å². The van der Waals surface area contributed by atoms with Crippen LogP contribution in [0.3, 0.4) is 0 Å². The van der Waals surface area contributed by atoms with Crippen LogP contribution in [0, 0.1) is 13.8 Å². The van der Waals surface area contributed by atoms with Gasteiger partial charge in [-0.05, 0) is 32.4 Å². The third-order valence-electron chi connectivity index (χ3n) is 4.22. The van der Waals surface area contributed by atoms with E-state index in [4.69, 9.17) is 4.42 Å².